The van der Waals surface area contributed by atoms with Crippen molar-refractivity contribution in [2.45, 2.75) is 24.7 Å². The highest BCUT2D eigenvalue weighted by molar-refractivity contribution is 7.89. The second kappa shape index (κ2) is 6.42. The fraction of sp³-hybridized carbons (Fsp3) is 0.235. The third-order valence-corrected chi connectivity index (χ3v) is 4.93. The van der Waals surface area contributed by atoms with E-state index in [1.807, 2.05) is 31.2 Å². The Morgan fingerprint density at radius 3 is 2.57 bits per heavy atom. The van der Waals surface area contributed by atoms with Gasteiger partial charge in [0.05, 0.1) is 17.2 Å². The lowest BCUT2D eigenvalue weighted by molar-refractivity contribution is 0.340. The normalized spacial score (nSPS) is 15.4. The number of aryl methyl sites for hydroxylation is 1. The predicted octanol–water partition coefficient (Wildman–Crippen LogP) is 2.71. The van der Waals surface area contributed by atoms with Gasteiger partial charge in [0, 0.05) is 5.56 Å². The molecule has 5 nitrogen and oxygen atoms in total. The van der Waals surface area contributed by atoms with Crippen LogP contribution < -0.4 is 9.57 Å². The van der Waals surface area contributed by atoms with Crippen LogP contribution in [0.15, 0.2) is 58.5 Å². The molecule has 0 atom stereocenters. The first-order valence-corrected chi connectivity index (χ1v) is 8.98. The lowest BCUT2D eigenvalue weighted by Gasteiger charge is -2.07. The van der Waals surface area contributed by atoms with Crippen LogP contribution in [0.5, 0.6) is 5.75 Å². The van der Waals surface area contributed by atoms with Gasteiger partial charge in [-0.3, -0.25) is 0 Å². The van der Waals surface area contributed by atoms with E-state index in [9.17, 15) is 8.42 Å². The molecule has 0 radical (unpaired) electrons. The van der Waals surface area contributed by atoms with Gasteiger partial charge in [-0.05, 0) is 49.6 Å². The molecule has 3 rings (SSSR count). The summed E-state index contributed by atoms with van der Waals surface area (Å²) in [6.07, 6.45) is 1.63. The number of benzene rings is 2. The SMILES string of the molecule is CCOc1ccc(S(=O)(=O)N/N=C2/CCc3ccccc32)cc1. The molecule has 0 saturated carbocycles. The zero-order valence-corrected chi connectivity index (χ0v) is 13.6. The zero-order chi connectivity index (χ0) is 16.3. The highest BCUT2D eigenvalue weighted by atomic mass is 32.2. The first kappa shape index (κ1) is 15.6. The highest BCUT2D eigenvalue weighted by Crippen LogP contribution is 2.22. The van der Waals surface area contributed by atoms with Crippen molar-refractivity contribution in [3.05, 3.63) is 59.7 Å². The topological polar surface area (TPSA) is 67.8 Å². The van der Waals surface area contributed by atoms with Crippen molar-refractivity contribution in [2.24, 2.45) is 5.10 Å². The maximum atomic E-state index is 12.3. The van der Waals surface area contributed by atoms with Crippen LogP contribution in [0.25, 0.3) is 0 Å². The second-order valence-electron chi connectivity index (χ2n) is 5.21. The maximum Gasteiger partial charge on any atom is 0.276 e. The quantitative estimate of drug-likeness (QED) is 0.857. The van der Waals surface area contributed by atoms with Gasteiger partial charge in [0.15, 0.2) is 0 Å². The molecule has 1 aliphatic carbocycles. The number of hydrogen-bond donors (Lipinski definition) is 1. The molecule has 0 aromatic heterocycles. The van der Waals surface area contributed by atoms with Crippen molar-refractivity contribution in [1.29, 1.82) is 0 Å². The van der Waals surface area contributed by atoms with Gasteiger partial charge in [0.1, 0.15) is 5.75 Å². The standard InChI is InChI=1S/C17H18N2O3S/c1-2-22-14-8-10-15(11-9-14)23(20,21)19-18-17-12-7-13-5-3-4-6-16(13)17/h3-6,8-11,19H,2,7,12H2,1H3/b18-17-. The van der Waals surface area contributed by atoms with E-state index in [0.717, 1.165) is 24.1 Å². The van der Waals surface area contributed by atoms with E-state index in [1.54, 1.807) is 12.1 Å². The molecular formula is C17H18N2O3S. The summed E-state index contributed by atoms with van der Waals surface area (Å²) in [5.74, 6) is 0.641. The van der Waals surface area contributed by atoms with E-state index >= 15 is 0 Å². The van der Waals surface area contributed by atoms with Gasteiger partial charge in [-0.25, -0.2) is 0 Å². The monoisotopic (exact) mass is 330 g/mol. The van der Waals surface area contributed by atoms with Crippen LogP contribution in [0.3, 0.4) is 0 Å². The molecule has 0 unspecified atom stereocenters. The number of hydrazone groups is 1. The van der Waals surface area contributed by atoms with E-state index in [0.29, 0.717) is 12.4 Å². The number of ether oxygens (including phenoxy) is 1. The molecule has 0 heterocycles. The van der Waals surface area contributed by atoms with Crippen LogP contribution >= 0.6 is 0 Å². The van der Waals surface area contributed by atoms with Crippen molar-refractivity contribution in [3.8, 4) is 5.75 Å². The summed E-state index contributed by atoms with van der Waals surface area (Å²) in [5.41, 5.74) is 2.99. The average molecular weight is 330 g/mol. The van der Waals surface area contributed by atoms with Crippen molar-refractivity contribution < 1.29 is 13.2 Å². The summed E-state index contributed by atoms with van der Waals surface area (Å²) in [5, 5.41) is 4.12. The molecule has 0 saturated heterocycles. The molecule has 23 heavy (non-hydrogen) atoms. The minimum absolute atomic E-state index is 0.164. The molecule has 2 aromatic carbocycles. The molecule has 0 fully saturated rings. The van der Waals surface area contributed by atoms with Gasteiger partial charge in [-0.2, -0.15) is 18.4 Å². The van der Waals surface area contributed by atoms with E-state index in [2.05, 4.69) is 9.93 Å². The smallest absolute Gasteiger partial charge is 0.276 e. The number of sulfonamides is 1. The fourth-order valence-corrected chi connectivity index (χ4v) is 3.40. The average Bonchev–Trinajstić information content (AvgIpc) is 2.97. The van der Waals surface area contributed by atoms with Gasteiger partial charge in [0.25, 0.3) is 10.0 Å². The first-order chi connectivity index (χ1) is 11.1. The summed E-state index contributed by atoms with van der Waals surface area (Å²) in [6.45, 7) is 2.42. The van der Waals surface area contributed by atoms with Crippen molar-refractivity contribution >= 4 is 15.7 Å². The molecule has 1 aliphatic rings. The van der Waals surface area contributed by atoms with E-state index in [-0.39, 0.29) is 4.90 Å². The summed E-state index contributed by atoms with van der Waals surface area (Å²) in [4.78, 5) is 2.49. The number of hydrogen-bond acceptors (Lipinski definition) is 4. The molecule has 1 N–H and O–H groups in total. The Morgan fingerprint density at radius 2 is 1.83 bits per heavy atom. The number of nitrogens with zero attached hydrogens (tertiary/aromatic N) is 1. The summed E-state index contributed by atoms with van der Waals surface area (Å²) in [7, 11) is -3.68. The third kappa shape index (κ3) is 3.37. The van der Waals surface area contributed by atoms with Gasteiger partial charge in [0.2, 0.25) is 0 Å². The fourth-order valence-electron chi connectivity index (χ4n) is 2.57. The molecule has 0 amide bonds. The van der Waals surface area contributed by atoms with Gasteiger partial charge >= 0.3 is 0 Å². The minimum atomic E-state index is -3.68. The van der Waals surface area contributed by atoms with Gasteiger partial charge in [-0.1, -0.05) is 24.3 Å². The molecule has 2 aromatic rings. The molecule has 120 valence electrons. The van der Waals surface area contributed by atoms with Crippen molar-refractivity contribution in [1.82, 2.24) is 4.83 Å². The van der Waals surface area contributed by atoms with E-state index in [4.69, 9.17) is 4.74 Å². The maximum absolute atomic E-state index is 12.3. The van der Waals surface area contributed by atoms with Crippen LogP contribution in [-0.4, -0.2) is 20.7 Å². The minimum Gasteiger partial charge on any atom is -0.494 e. The Morgan fingerprint density at radius 1 is 1.09 bits per heavy atom. The molecule has 0 spiro atoms. The molecule has 6 heteroatoms. The lowest BCUT2D eigenvalue weighted by atomic mass is 10.1. The number of rotatable bonds is 5. The Kier molecular flexibility index (Phi) is 4.34. The highest BCUT2D eigenvalue weighted by Gasteiger charge is 2.19. The molecular weight excluding hydrogens is 312 g/mol. The Hall–Kier alpha value is -2.34. The largest absolute Gasteiger partial charge is 0.494 e. The summed E-state index contributed by atoms with van der Waals surface area (Å²) >= 11 is 0. The number of fused-ring (bicyclic) bond motifs is 1. The van der Waals surface area contributed by atoms with Crippen LogP contribution in [0.1, 0.15) is 24.5 Å². The summed E-state index contributed by atoms with van der Waals surface area (Å²) in [6, 6.07) is 14.2. The van der Waals surface area contributed by atoms with Gasteiger partial charge < -0.3 is 4.74 Å². The van der Waals surface area contributed by atoms with Crippen LogP contribution in [0.4, 0.5) is 0 Å². The number of nitrogens with one attached hydrogen (secondary N) is 1. The van der Waals surface area contributed by atoms with Crippen molar-refractivity contribution in [3.63, 3.8) is 0 Å². The molecule has 0 aliphatic heterocycles. The predicted molar refractivity (Wildman–Crippen MR) is 89.2 cm³/mol. The third-order valence-electron chi connectivity index (χ3n) is 3.71. The molecule has 0 bridgehead atoms. The summed E-state index contributed by atoms with van der Waals surface area (Å²) < 4.78 is 29.9. The Balaban J connectivity index is 1.78. The Labute approximate surface area is 136 Å². The van der Waals surface area contributed by atoms with Crippen molar-refractivity contribution in [2.75, 3.05) is 6.61 Å². The second-order valence-corrected chi connectivity index (χ2v) is 6.88. The van der Waals surface area contributed by atoms with Crippen LogP contribution in [0.2, 0.25) is 0 Å². The lowest BCUT2D eigenvalue weighted by Crippen LogP contribution is -2.20. The van der Waals surface area contributed by atoms with Crippen LogP contribution in [0, 0.1) is 0 Å². The van der Waals surface area contributed by atoms with E-state index in [1.165, 1.54) is 17.7 Å². The van der Waals surface area contributed by atoms with Gasteiger partial charge in [-0.15, -0.1) is 0 Å². The Bertz CT molecular complexity index is 827. The first-order valence-electron chi connectivity index (χ1n) is 7.49. The van der Waals surface area contributed by atoms with E-state index < -0.39 is 10.0 Å². The van der Waals surface area contributed by atoms with Crippen LogP contribution in [-0.2, 0) is 16.4 Å². The zero-order valence-electron chi connectivity index (χ0n) is 12.8.